The summed E-state index contributed by atoms with van der Waals surface area (Å²) in [7, 11) is 0. The Morgan fingerprint density at radius 3 is 2.57 bits per heavy atom. The lowest BCUT2D eigenvalue weighted by Crippen LogP contribution is -2.46. The molecule has 0 aliphatic rings. The first-order chi connectivity index (χ1) is 9.79. The van der Waals surface area contributed by atoms with Crippen LogP contribution in [-0.2, 0) is 11.3 Å². The van der Waals surface area contributed by atoms with Crippen LogP contribution in [0.2, 0.25) is 5.02 Å². The summed E-state index contributed by atoms with van der Waals surface area (Å²) in [6.45, 7) is 3.82. The van der Waals surface area contributed by atoms with E-state index in [9.17, 15) is 14.0 Å². The summed E-state index contributed by atoms with van der Waals surface area (Å²) >= 11 is 5.83. The van der Waals surface area contributed by atoms with Gasteiger partial charge in [0, 0.05) is 11.6 Å². The van der Waals surface area contributed by atoms with Gasteiger partial charge in [0.2, 0.25) is 0 Å². The molecule has 1 aromatic rings. The minimum absolute atomic E-state index is 0.0823. The maximum atomic E-state index is 12.9. The normalized spacial score (nSPS) is 12.0. The van der Waals surface area contributed by atoms with Gasteiger partial charge in [0.05, 0.1) is 0 Å². The van der Waals surface area contributed by atoms with Gasteiger partial charge in [-0.1, -0.05) is 31.5 Å². The van der Waals surface area contributed by atoms with Crippen LogP contribution in [0.5, 0.6) is 0 Å². The van der Waals surface area contributed by atoms with E-state index in [0.717, 1.165) is 6.07 Å². The molecule has 0 fully saturated rings. The van der Waals surface area contributed by atoms with E-state index in [-0.39, 0.29) is 17.5 Å². The molecule has 21 heavy (non-hydrogen) atoms. The Bertz CT molecular complexity index is 523. The molecular formula is C14H18ClFN2O3. The molecule has 1 unspecified atom stereocenters. The Labute approximate surface area is 127 Å². The Hall–Kier alpha value is -1.82. The SMILES string of the molecule is CC(C)CC(NC(=O)NCc1ccc(F)cc1Cl)C(=O)O. The van der Waals surface area contributed by atoms with E-state index < -0.39 is 23.9 Å². The summed E-state index contributed by atoms with van der Waals surface area (Å²) in [5, 5.41) is 14.1. The molecule has 7 heteroatoms. The molecule has 3 N–H and O–H groups in total. The second-order valence-corrected chi connectivity index (χ2v) is 5.49. The third-order valence-corrected chi connectivity index (χ3v) is 3.12. The lowest BCUT2D eigenvalue weighted by Gasteiger charge is -2.17. The molecular weight excluding hydrogens is 299 g/mol. The molecule has 1 aromatic carbocycles. The zero-order valence-electron chi connectivity index (χ0n) is 11.8. The van der Waals surface area contributed by atoms with Crippen molar-refractivity contribution in [2.45, 2.75) is 32.9 Å². The van der Waals surface area contributed by atoms with Gasteiger partial charge >= 0.3 is 12.0 Å². The van der Waals surface area contributed by atoms with Crippen LogP contribution in [0, 0.1) is 11.7 Å². The van der Waals surface area contributed by atoms with Gasteiger partial charge in [0.15, 0.2) is 0 Å². The van der Waals surface area contributed by atoms with Crippen molar-refractivity contribution in [3.8, 4) is 0 Å². The van der Waals surface area contributed by atoms with E-state index >= 15 is 0 Å². The fourth-order valence-corrected chi connectivity index (χ4v) is 1.98. The van der Waals surface area contributed by atoms with Crippen molar-refractivity contribution in [3.63, 3.8) is 0 Å². The minimum atomic E-state index is -1.08. The van der Waals surface area contributed by atoms with Crippen molar-refractivity contribution in [1.29, 1.82) is 0 Å². The largest absolute Gasteiger partial charge is 0.480 e. The topological polar surface area (TPSA) is 78.4 Å². The number of nitrogens with one attached hydrogen (secondary N) is 2. The number of hydrogen-bond acceptors (Lipinski definition) is 2. The van der Waals surface area contributed by atoms with E-state index in [1.165, 1.54) is 12.1 Å². The summed E-state index contributed by atoms with van der Waals surface area (Å²) in [5.74, 6) is -1.41. The summed E-state index contributed by atoms with van der Waals surface area (Å²) in [4.78, 5) is 22.7. The summed E-state index contributed by atoms with van der Waals surface area (Å²) in [5.41, 5.74) is 0.545. The van der Waals surface area contributed by atoms with Crippen molar-refractivity contribution in [1.82, 2.24) is 10.6 Å². The number of carbonyl (C=O) groups excluding carboxylic acids is 1. The first-order valence-electron chi connectivity index (χ1n) is 6.50. The monoisotopic (exact) mass is 316 g/mol. The zero-order valence-corrected chi connectivity index (χ0v) is 12.6. The maximum Gasteiger partial charge on any atom is 0.326 e. The number of amides is 2. The second kappa shape index (κ2) is 7.83. The lowest BCUT2D eigenvalue weighted by atomic mass is 10.0. The van der Waals surface area contributed by atoms with E-state index in [0.29, 0.717) is 12.0 Å². The third-order valence-electron chi connectivity index (χ3n) is 2.77. The molecule has 1 atom stereocenters. The standard InChI is InChI=1S/C14H18ClFN2O3/c1-8(2)5-12(13(19)20)18-14(21)17-7-9-3-4-10(16)6-11(9)15/h3-4,6,8,12H,5,7H2,1-2H3,(H,19,20)(H2,17,18,21). The molecule has 0 radical (unpaired) electrons. The molecule has 2 amide bonds. The number of aliphatic carboxylic acids is 1. The highest BCUT2D eigenvalue weighted by Crippen LogP contribution is 2.16. The Kier molecular flexibility index (Phi) is 6.42. The highest BCUT2D eigenvalue weighted by atomic mass is 35.5. The predicted octanol–water partition coefficient (Wildman–Crippen LogP) is 2.78. The molecule has 0 saturated carbocycles. The molecule has 116 valence electrons. The van der Waals surface area contributed by atoms with Gasteiger partial charge in [-0.3, -0.25) is 0 Å². The second-order valence-electron chi connectivity index (χ2n) is 5.08. The van der Waals surface area contributed by atoms with E-state index in [4.69, 9.17) is 16.7 Å². The van der Waals surface area contributed by atoms with Gasteiger partial charge in [-0.15, -0.1) is 0 Å². The highest BCUT2D eigenvalue weighted by Gasteiger charge is 2.20. The Morgan fingerprint density at radius 2 is 2.05 bits per heavy atom. The van der Waals surface area contributed by atoms with Crippen LogP contribution in [-0.4, -0.2) is 23.1 Å². The molecule has 0 spiro atoms. The molecule has 1 rings (SSSR count). The number of halogens is 2. The number of rotatable bonds is 6. The number of carboxylic acid groups (broad SMARTS) is 1. The number of urea groups is 1. The third kappa shape index (κ3) is 5.99. The van der Waals surface area contributed by atoms with Crippen molar-refractivity contribution in [2.75, 3.05) is 0 Å². The fraction of sp³-hybridized carbons (Fsp3) is 0.429. The van der Waals surface area contributed by atoms with Crippen LogP contribution in [0.1, 0.15) is 25.8 Å². The molecule has 0 aliphatic heterocycles. The summed E-state index contributed by atoms with van der Waals surface area (Å²) in [6, 6.07) is 2.28. The first kappa shape index (κ1) is 17.2. The quantitative estimate of drug-likeness (QED) is 0.755. The lowest BCUT2D eigenvalue weighted by molar-refractivity contribution is -0.139. The zero-order chi connectivity index (χ0) is 16.0. The smallest absolute Gasteiger partial charge is 0.326 e. The van der Waals surface area contributed by atoms with Gasteiger partial charge in [-0.05, 0) is 30.0 Å². The average Bonchev–Trinajstić information content (AvgIpc) is 2.36. The van der Waals surface area contributed by atoms with Crippen LogP contribution in [0.4, 0.5) is 9.18 Å². The van der Waals surface area contributed by atoms with Crippen molar-refractivity contribution < 1.29 is 19.1 Å². The van der Waals surface area contributed by atoms with Gasteiger partial charge in [-0.2, -0.15) is 0 Å². The van der Waals surface area contributed by atoms with Crippen LogP contribution in [0.3, 0.4) is 0 Å². The Morgan fingerprint density at radius 1 is 1.38 bits per heavy atom. The van der Waals surface area contributed by atoms with E-state index in [1.807, 2.05) is 13.8 Å². The van der Waals surface area contributed by atoms with Gasteiger partial charge in [0.25, 0.3) is 0 Å². The van der Waals surface area contributed by atoms with Crippen molar-refractivity contribution in [2.24, 2.45) is 5.92 Å². The average molecular weight is 317 g/mol. The number of benzene rings is 1. The molecule has 0 aromatic heterocycles. The number of carbonyl (C=O) groups is 2. The fourth-order valence-electron chi connectivity index (χ4n) is 1.74. The highest BCUT2D eigenvalue weighted by molar-refractivity contribution is 6.31. The van der Waals surface area contributed by atoms with Crippen LogP contribution < -0.4 is 10.6 Å². The predicted molar refractivity (Wildman–Crippen MR) is 77.7 cm³/mol. The van der Waals surface area contributed by atoms with E-state index in [2.05, 4.69) is 10.6 Å². The molecule has 0 aliphatic carbocycles. The first-order valence-corrected chi connectivity index (χ1v) is 6.88. The summed E-state index contributed by atoms with van der Waals surface area (Å²) in [6.07, 6.45) is 0.333. The molecule has 0 saturated heterocycles. The van der Waals surface area contributed by atoms with Crippen LogP contribution >= 0.6 is 11.6 Å². The van der Waals surface area contributed by atoms with Gasteiger partial charge in [-0.25, -0.2) is 14.0 Å². The molecule has 0 heterocycles. The number of hydrogen-bond donors (Lipinski definition) is 3. The van der Waals surface area contributed by atoms with Gasteiger partial charge in [0.1, 0.15) is 11.9 Å². The molecule has 5 nitrogen and oxygen atoms in total. The molecule has 0 bridgehead atoms. The van der Waals surface area contributed by atoms with Crippen LogP contribution in [0.25, 0.3) is 0 Å². The van der Waals surface area contributed by atoms with Crippen molar-refractivity contribution >= 4 is 23.6 Å². The maximum absolute atomic E-state index is 12.9. The Balaban J connectivity index is 2.54. The van der Waals surface area contributed by atoms with Gasteiger partial charge < -0.3 is 15.7 Å². The van der Waals surface area contributed by atoms with Crippen molar-refractivity contribution in [3.05, 3.63) is 34.6 Å². The summed E-state index contributed by atoms with van der Waals surface area (Å²) < 4.78 is 12.9. The van der Waals surface area contributed by atoms with E-state index in [1.54, 1.807) is 0 Å². The number of carboxylic acids is 1. The minimum Gasteiger partial charge on any atom is -0.480 e. The van der Waals surface area contributed by atoms with Crippen LogP contribution in [0.15, 0.2) is 18.2 Å².